The van der Waals surface area contributed by atoms with E-state index in [1.165, 1.54) is 0 Å². The van der Waals surface area contributed by atoms with E-state index in [1.54, 1.807) is 6.92 Å². The van der Waals surface area contributed by atoms with E-state index in [9.17, 15) is 4.39 Å². The first-order valence-corrected chi connectivity index (χ1v) is 3.27. The molecule has 0 bridgehead atoms. The lowest BCUT2D eigenvalue weighted by atomic mass is 9.98. The van der Waals surface area contributed by atoms with E-state index in [2.05, 4.69) is 6.58 Å². The SMILES string of the molecule is C=C(C)CC(F)(CN)CN. The molecule has 0 aromatic carbocycles. The van der Waals surface area contributed by atoms with Gasteiger partial charge < -0.3 is 11.5 Å². The van der Waals surface area contributed by atoms with E-state index in [0.29, 0.717) is 0 Å². The van der Waals surface area contributed by atoms with Crippen LogP contribution in [0.1, 0.15) is 13.3 Å². The van der Waals surface area contributed by atoms with Crippen LogP contribution in [0.2, 0.25) is 0 Å². The zero-order valence-electron chi connectivity index (χ0n) is 6.36. The van der Waals surface area contributed by atoms with Crippen molar-refractivity contribution >= 4 is 0 Å². The van der Waals surface area contributed by atoms with Crippen LogP contribution in [0.15, 0.2) is 12.2 Å². The minimum absolute atomic E-state index is 0.0314. The topological polar surface area (TPSA) is 52.0 Å². The largest absolute Gasteiger partial charge is 0.327 e. The number of alkyl halides is 1. The maximum atomic E-state index is 13.2. The highest BCUT2D eigenvalue weighted by Crippen LogP contribution is 2.17. The quantitative estimate of drug-likeness (QED) is 0.570. The molecule has 0 spiro atoms. The molecule has 0 aliphatic carbocycles. The van der Waals surface area contributed by atoms with Crippen LogP contribution in [0.25, 0.3) is 0 Å². The molecule has 2 nitrogen and oxygen atoms in total. The second-order valence-electron chi connectivity index (χ2n) is 2.69. The standard InChI is InChI=1S/C7H15FN2/c1-6(2)3-7(8,4-9)5-10/h1,3-5,9-10H2,2H3. The first-order chi connectivity index (χ1) is 4.54. The van der Waals surface area contributed by atoms with E-state index in [1.807, 2.05) is 0 Å². The van der Waals surface area contributed by atoms with E-state index in [4.69, 9.17) is 11.5 Å². The van der Waals surface area contributed by atoms with Crippen molar-refractivity contribution in [1.29, 1.82) is 0 Å². The molecular weight excluding hydrogens is 131 g/mol. The molecule has 0 radical (unpaired) electrons. The minimum atomic E-state index is -1.44. The van der Waals surface area contributed by atoms with Crippen LogP contribution in [0.5, 0.6) is 0 Å². The van der Waals surface area contributed by atoms with Gasteiger partial charge in [-0.3, -0.25) is 0 Å². The summed E-state index contributed by atoms with van der Waals surface area (Å²) in [6.45, 7) is 5.29. The van der Waals surface area contributed by atoms with Gasteiger partial charge in [-0.2, -0.15) is 0 Å². The van der Waals surface area contributed by atoms with Crippen LogP contribution < -0.4 is 11.5 Å². The lowest BCUT2D eigenvalue weighted by Crippen LogP contribution is -2.40. The molecule has 0 aromatic heterocycles. The lowest BCUT2D eigenvalue weighted by molar-refractivity contribution is 0.184. The fourth-order valence-electron chi connectivity index (χ4n) is 0.769. The molecule has 0 aliphatic rings. The predicted molar refractivity (Wildman–Crippen MR) is 41.4 cm³/mol. The summed E-state index contributed by atoms with van der Waals surface area (Å²) in [6.07, 6.45) is 0.264. The zero-order chi connectivity index (χ0) is 8.20. The molecule has 0 heterocycles. The van der Waals surface area contributed by atoms with Crippen LogP contribution in [-0.2, 0) is 0 Å². The molecule has 60 valence electrons. The lowest BCUT2D eigenvalue weighted by Gasteiger charge is -2.21. The fraction of sp³-hybridized carbons (Fsp3) is 0.714. The summed E-state index contributed by atoms with van der Waals surface area (Å²) in [6, 6.07) is 0. The third kappa shape index (κ3) is 2.94. The Morgan fingerprint density at radius 1 is 1.50 bits per heavy atom. The van der Waals surface area contributed by atoms with E-state index < -0.39 is 5.67 Å². The number of halogens is 1. The first-order valence-electron chi connectivity index (χ1n) is 3.27. The van der Waals surface area contributed by atoms with Gasteiger partial charge in [0.1, 0.15) is 5.67 Å². The second-order valence-corrected chi connectivity index (χ2v) is 2.69. The molecule has 0 rings (SSSR count). The Morgan fingerprint density at radius 3 is 2.00 bits per heavy atom. The summed E-state index contributed by atoms with van der Waals surface area (Å²) in [5, 5.41) is 0. The Morgan fingerprint density at radius 2 is 1.90 bits per heavy atom. The van der Waals surface area contributed by atoms with Crippen molar-refractivity contribution in [3.63, 3.8) is 0 Å². The molecule has 0 saturated carbocycles. The Bertz CT molecular complexity index is 119. The Labute approximate surface area is 61.1 Å². The minimum Gasteiger partial charge on any atom is -0.327 e. The van der Waals surface area contributed by atoms with Crippen molar-refractivity contribution in [2.24, 2.45) is 11.5 Å². The molecule has 10 heavy (non-hydrogen) atoms. The molecule has 0 atom stereocenters. The molecule has 0 amide bonds. The van der Waals surface area contributed by atoms with E-state index >= 15 is 0 Å². The van der Waals surface area contributed by atoms with Gasteiger partial charge in [-0.25, -0.2) is 4.39 Å². The van der Waals surface area contributed by atoms with Crippen LogP contribution in [0, 0.1) is 0 Å². The predicted octanol–water partition coefficient (Wildman–Crippen LogP) is 0.578. The van der Waals surface area contributed by atoms with E-state index in [-0.39, 0.29) is 19.5 Å². The third-order valence-corrected chi connectivity index (χ3v) is 1.35. The normalized spacial score (nSPS) is 11.6. The van der Waals surface area contributed by atoms with E-state index in [0.717, 1.165) is 5.57 Å². The van der Waals surface area contributed by atoms with Gasteiger partial charge in [0.15, 0.2) is 0 Å². The van der Waals surface area contributed by atoms with Gasteiger partial charge in [-0.1, -0.05) is 5.57 Å². The second kappa shape index (κ2) is 3.68. The van der Waals surface area contributed by atoms with Gasteiger partial charge >= 0.3 is 0 Å². The van der Waals surface area contributed by atoms with Gasteiger partial charge in [0.25, 0.3) is 0 Å². The number of hydrogen-bond acceptors (Lipinski definition) is 2. The average Bonchev–Trinajstić information content (AvgIpc) is 1.87. The number of nitrogens with two attached hydrogens (primary N) is 2. The van der Waals surface area contributed by atoms with Crippen molar-refractivity contribution < 1.29 is 4.39 Å². The van der Waals surface area contributed by atoms with Gasteiger partial charge in [0, 0.05) is 19.5 Å². The maximum absolute atomic E-state index is 13.2. The number of allylic oxidation sites excluding steroid dienone is 1. The number of rotatable bonds is 4. The highest BCUT2D eigenvalue weighted by Gasteiger charge is 2.25. The number of hydrogen-bond donors (Lipinski definition) is 2. The van der Waals surface area contributed by atoms with Crippen LogP contribution >= 0.6 is 0 Å². The summed E-state index contributed by atoms with van der Waals surface area (Å²) in [4.78, 5) is 0. The monoisotopic (exact) mass is 146 g/mol. The summed E-state index contributed by atoms with van der Waals surface area (Å²) in [5.74, 6) is 0. The molecule has 0 saturated heterocycles. The smallest absolute Gasteiger partial charge is 0.138 e. The highest BCUT2D eigenvalue weighted by molar-refractivity contribution is 4.98. The molecule has 4 N–H and O–H groups in total. The summed E-state index contributed by atoms with van der Waals surface area (Å²) in [7, 11) is 0. The van der Waals surface area contributed by atoms with Gasteiger partial charge in [0.2, 0.25) is 0 Å². The first kappa shape index (κ1) is 9.59. The summed E-state index contributed by atoms with van der Waals surface area (Å²) < 4.78 is 13.2. The highest BCUT2D eigenvalue weighted by atomic mass is 19.1. The molecule has 0 unspecified atom stereocenters. The van der Waals surface area contributed by atoms with Crippen LogP contribution in [0.4, 0.5) is 4.39 Å². The van der Waals surface area contributed by atoms with Crippen molar-refractivity contribution in [2.75, 3.05) is 13.1 Å². The summed E-state index contributed by atoms with van der Waals surface area (Å²) >= 11 is 0. The molecular formula is C7H15FN2. The Hall–Kier alpha value is -0.410. The summed E-state index contributed by atoms with van der Waals surface area (Å²) in [5.41, 5.74) is 9.68. The van der Waals surface area contributed by atoms with Crippen LogP contribution in [0.3, 0.4) is 0 Å². The van der Waals surface area contributed by atoms with Gasteiger partial charge in [0.05, 0.1) is 0 Å². The zero-order valence-corrected chi connectivity index (χ0v) is 6.36. The molecule has 0 aliphatic heterocycles. The molecule has 0 aromatic rings. The van der Waals surface area contributed by atoms with Crippen molar-refractivity contribution in [2.45, 2.75) is 19.0 Å². The maximum Gasteiger partial charge on any atom is 0.138 e. The Balaban J connectivity index is 3.92. The fourth-order valence-corrected chi connectivity index (χ4v) is 0.769. The van der Waals surface area contributed by atoms with Crippen molar-refractivity contribution in [1.82, 2.24) is 0 Å². The molecule has 0 fully saturated rings. The van der Waals surface area contributed by atoms with Crippen molar-refractivity contribution in [3.8, 4) is 0 Å². The van der Waals surface area contributed by atoms with Crippen LogP contribution in [-0.4, -0.2) is 18.8 Å². The third-order valence-electron chi connectivity index (χ3n) is 1.35. The Kier molecular flexibility index (Phi) is 3.53. The van der Waals surface area contributed by atoms with Gasteiger partial charge in [-0.15, -0.1) is 6.58 Å². The molecule has 3 heteroatoms. The van der Waals surface area contributed by atoms with Crippen molar-refractivity contribution in [3.05, 3.63) is 12.2 Å². The average molecular weight is 146 g/mol. The van der Waals surface area contributed by atoms with Gasteiger partial charge in [-0.05, 0) is 6.92 Å².